The Balaban J connectivity index is 1.66. The first-order valence-corrected chi connectivity index (χ1v) is 13.9. The van der Waals surface area contributed by atoms with Gasteiger partial charge in [0.15, 0.2) is 16.3 Å². The highest BCUT2D eigenvalue weighted by molar-refractivity contribution is 7.07. The van der Waals surface area contributed by atoms with Gasteiger partial charge in [-0.2, -0.15) is 0 Å². The Kier molecular flexibility index (Phi) is 8.19. The average molecular weight is 575 g/mol. The maximum absolute atomic E-state index is 14.0. The van der Waals surface area contributed by atoms with Crippen LogP contribution in [-0.2, 0) is 16.1 Å². The molecule has 3 aromatic carbocycles. The fraction of sp³-hybridized carbons (Fsp3) is 0.194. The van der Waals surface area contributed by atoms with E-state index in [0.29, 0.717) is 49.1 Å². The highest BCUT2D eigenvalue weighted by Crippen LogP contribution is 2.34. The molecule has 0 amide bonds. The number of aromatic nitrogens is 1. The molecule has 204 valence electrons. The number of carbonyl (C=O) groups excluding carboxylic acids is 1. The second-order valence-corrected chi connectivity index (χ2v) is 10.4. The van der Waals surface area contributed by atoms with Crippen molar-refractivity contribution in [3.8, 4) is 11.5 Å². The van der Waals surface area contributed by atoms with Crippen molar-refractivity contribution in [2.75, 3.05) is 14.2 Å². The molecule has 4 aromatic rings. The van der Waals surface area contributed by atoms with Crippen LogP contribution in [-0.4, -0.2) is 24.8 Å². The number of carbonyl (C=O) groups is 1. The van der Waals surface area contributed by atoms with Gasteiger partial charge in [0.2, 0.25) is 0 Å². The molecule has 0 unspecified atom stereocenters. The minimum atomic E-state index is -0.664. The maximum atomic E-state index is 14.0. The van der Waals surface area contributed by atoms with Gasteiger partial charge in [0.1, 0.15) is 6.61 Å². The van der Waals surface area contributed by atoms with Crippen molar-refractivity contribution >= 4 is 35.0 Å². The number of ether oxygens (including phenoxy) is 3. The summed E-state index contributed by atoms with van der Waals surface area (Å²) >= 11 is 7.60. The summed E-state index contributed by atoms with van der Waals surface area (Å²) in [5.74, 6) is 0.503. The predicted octanol–water partition coefficient (Wildman–Crippen LogP) is 5.04. The monoisotopic (exact) mass is 574 g/mol. The predicted molar refractivity (Wildman–Crippen MR) is 156 cm³/mol. The largest absolute Gasteiger partial charge is 0.493 e. The lowest BCUT2D eigenvalue weighted by Crippen LogP contribution is -2.40. The molecule has 1 aliphatic rings. The molecule has 7 nitrogen and oxygen atoms in total. The van der Waals surface area contributed by atoms with Crippen LogP contribution in [0.1, 0.15) is 36.1 Å². The first-order chi connectivity index (χ1) is 19.5. The SMILES string of the molecule is CCC1=C(C(=O)OC)[C@H](c2ccccc2)n2c(s/c(=C/c3cccc(OC)c3OCc3ccccc3Cl)c2=O)=N1. The number of hydrogen-bond donors (Lipinski definition) is 0. The second kappa shape index (κ2) is 11.9. The van der Waals surface area contributed by atoms with Crippen LogP contribution in [0, 0.1) is 0 Å². The van der Waals surface area contributed by atoms with E-state index in [-0.39, 0.29) is 12.2 Å². The van der Waals surface area contributed by atoms with Crippen molar-refractivity contribution in [2.24, 2.45) is 4.99 Å². The minimum absolute atomic E-state index is 0.221. The summed E-state index contributed by atoms with van der Waals surface area (Å²) in [6, 6.07) is 21.7. The van der Waals surface area contributed by atoms with E-state index in [4.69, 9.17) is 30.8 Å². The van der Waals surface area contributed by atoms with Gasteiger partial charge in [0, 0.05) is 16.1 Å². The van der Waals surface area contributed by atoms with Gasteiger partial charge in [0.25, 0.3) is 5.56 Å². The zero-order valence-corrected chi connectivity index (χ0v) is 23.8. The highest BCUT2D eigenvalue weighted by atomic mass is 35.5. The summed E-state index contributed by atoms with van der Waals surface area (Å²) in [6.07, 6.45) is 2.28. The average Bonchev–Trinajstić information content (AvgIpc) is 3.30. The van der Waals surface area contributed by atoms with Gasteiger partial charge in [-0.3, -0.25) is 9.36 Å². The molecule has 0 saturated carbocycles. The summed E-state index contributed by atoms with van der Waals surface area (Å²) in [7, 11) is 2.90. The molecule has 9 heteroatoms. The normalized spacial score (nSPS) is 14.9. The number of allylic oxidation sites excluding steroid dienone is 1. The molecule has 0 spiro atoms. The topological polar surface area (TPSA) is 79.1 Å². The summed E-state index contributed by atoms with van der Waals surface area (Å²) in [6.45, 7) is 2.15. The van der Waals surface area contributed by atoms with E-state index < -0.39 is 12.0 Å². The first-order valence-electron chi connectivity index (χ1n) is 12.7. The Morgan fingerprint density at radius 2 is 1.80 bits per heavy atom. The van der Waals surface area contributed by atoms with Crippen LogP contribution in [0.25, 0.3) is 6.08 Å². The van der Waals surface area contributed by atoms with Crippen molar-refractivity contribution < 1.29 is 19.0 Å². The number of hydrogen-bond acceptors (Lipinski definition) is 7. The standard InChI is InChI=1S/C31H27ClN2O5S/c1-4-23-26(30(36)38-3)27(19-11-6-5-7-12-19)34-29(35)25(40-31(34)33-23)17-20-14-10-16-24(37-2)28(20)39-18-21-13-8-9-15-22(21)32/h5-17,27H,4,18H2,1-3H3/b25-17+/t27-/m0/s1. The van der Waals surface area contributed by atoms with Crippen molar-refractivity contribution in [1.29, 1.82) is 0 Å². The van der Waals surface area contributed by atoms with E-state index in [2.05, 4.69) is 0 Å². The van der Waals surface area contributed by atoms with Crippen LogP contribution in [0.4, 0.5) is 0 Å². The quantitative estimate of drug-likeness (QED) is 0.276. The number of rotatable bonds is 8. The molecule has 0 bridgehead atoms. The van der Waals surface area contributed by atoms with Crippen LogP contribution < -0.4 is 24.4 Å². The molecule has 0 radical (unpaired) electrons. The Hall–Kier alpha value is -4.14. The third kappa shape index (κ3) is 5.20. The van der Waals surface area contributed by atoms with E-state index >= 15 is 0 Å². The number of esters is 1. The zero-order valence-electron chi connectivity index (χ0n) is 22.2. The van der Waals surface area contributed by atoms with Crippen LogP contribution in [0.15, 0.2) is 93.9 Å². The minimum Gasteiger partial charge on any atom is -0.493 e. The summed E-state index contributed by atoms with van der Waals surface area (Å²) < 4.78 is 18.9. The number of fused-ring (bicyclic) bond motifs is 1. The summed E-state index contributed by atoms with van der Waals surface area (Å²) in [5, 5.41) is 0.598. The maximum Gasteiger partial charge on any atom is 0.338 e. The summed E-state index contributed by atoms with van der Waals surface area (Å²) in [4.78, 5) is 32.2. The first kappa shape index (κ1) is 27.4. The Morgan fingerprint density at radius 1 is 1.05 bits per heavy atom. The van der Waals surface area contributed by atoms with E-state index in [1.807, 2.05) is 67.6 Å². The zero-order chi connectivity index (χ0) is 28.2. The molecule has 0 fully saturated rings. The smallest absolute Gasteiger partial charge is 0.338 e. The third-order valence-corrected chi connectivity index (χ3v) is 7.96. The Labute approximate surface area is 240 Å². The van der Waals surface area contributed by atoms with Gasteiger partial charge in [-0.1, -0.05) is 90.5 Å². The molecule has 1 atom stereocenters. The molecular weight excluding hydrogens is 548 g/mol. The van der Waals surface area contributed by atoms with Crippen molar-refractivity contribution in [3.63, 3.8) is 0 Å². The van der Waals surface area contributed by atoms with E-state index in [1.165, 1.54) is 18.4 Å². The molecule has 1 aliphatic heterocycles. The second-order valence-electron chi connectivity index (χ2n) is 8.96. The number of methoxy groups -OCH3 is 2. The van der Waals surface area contributed by atoms with Gasteiger partial charge in [-0.25, -0.2) is 9.79 Å². The Bertz CT molecular complexity index is 1780. The van der Waals surface area contributed by atoms with Crippen LogP contribution in [0.3, 0.4) is 0 Å². The van der Waals surface area contributed by atoms with Gasteiger partial charge < -0.3 is 14.2 Å². The van der Waals surface area contributed by atoms with E-state index in [0.717, 1.165) is 11.1 Å². The highest BCUT2D eigenvalue weighted by Gasteiger charge is 2.33. The molecule has 40 heavy (non-hydrogen) atoms. The Morgan fingerprint density at radius 3 is 2.50 bits per heavy atom. The molecule has 1 aromatic heterocycles. The van der Waals surface area contributed by atoms with Crippen LogP contribution >= 0.6 is 22.9 Å². The molecule has 5 rings (SSSR count). The number of nitrogens with zero attached hydrogens (tertiary/aromatic N) is 2. The molecular formula is C31H27ClN2O5S. The molecule has 0 aliphatic carbocycles. The number of benzene rings is 3. The number of halogens is 1. The number of thiazole rings is 1. The van der Waals surface area contributed by atoms with Gasteiger partial charge in [-0.15, -0.1) is 0 Å². The molecule has 0 N–H and O–H groups in total. The van der Waals surface area contributed by atoms with Gasteiger partial charge in [0.05, 0.1) is 36.1 Å². The molecule has 2 heterocycles. The van der Waals surface area contributed by atoms with Crippen LogP contribution in [0.5, 0.6) is 11.5 Å². The van der Waals surface area contributed by atoms with E-state index in [1.54, 1.807) is 29.9 Å². The fourth-order valence-electron chi connectivity index (χ4n) is 4.68. The van der Waals surface area contributed by atoms with Crippen molar-refractivity contribution in [3.05, 3.63) is 125 Å². The van der Waals surface area contributed by atoms with Crippen molar-refractivity contribution in [2.45, 2.75) is 26.0 Å². The molecule has 0 saturated heterocycles. The van der Waals surface area contributed by atoms with Crippen LogP contribution in [0.2, 0.25) is 5.02 Å². The van der Waals surface area contributed by atoms with Gasteiger partial charge in [-0.05, 0) is 30.2 Å². The van der Waals surface area contributed by atoms with E-state index in [9.17, 15) is 9.59 Å². The summed E-state index contributed by atoms with van der Waals surface area (Å²) in [5.41, 5.74) is 2.97. The fourth-order valence-corrected chi connectivity index (χ4v) is 5.88. The van der Waals surface area contributed by atoms with Gasteiger partial charge >= 0.3 is 5.97 Å². The lowest BCUT2D eigenvalue weighted by atomic mass is 9.95. The lowest BCUT2D eigenvalue weighted by Gasteiger charge is -2.25. The van der Waals surface area contributed by atoms with Crippen molar-refractivity contribution in [1.82, 2.24) is 4.57 Å². The number of para-hydroxylation sites is 1. The lowest BCUT2D eigenvalue weighted by molar-refractivity contribution is -0.136. The third-order valence-electron chi connectivity index (χ3n) is 6.61.